The fourth-order valence-corrected chi connectivity index (χ4v) is 6.06. The van der Waals surface area contributed by atoms with Crippen LogP contribution in [0, 0.1) is 17.0 Å². The summed E-state index contributed by atoms with van der Waals surface area (Å²) in [5.74, 6) is -0.720. The van der Waals surface area contributed by atoms with Gasteiger partial charge in [0.05, 0.1) is 49.2 Å². The van der Waals surface area contributed by atoms with E-state index in [9.17, 15) is 14.8 Å². The lowest BCUT2D eigenvalue weighted by atomic mass is 9.71. The maximum Gasteiger partial charge on any atom is 0.419 e. The monoisotopic (exact) mass is 468 g/mol. The van der Waals surface area contributed by atoms with E-state index in [1.54, 1.807) is 4.57 Å². The molecular formula is C26H32N2O6. The van der Waals surface area contributed by atoms with Gasteiger partial charge in [-0.1, -0.05) is 18.2 Å². The number of esters is 1. The van der Waals surface area contributed by atoms with Gasteiger partial charge in [0.25, 0.3) is 0 Å². The zero-order valence-electron chi connectivity index (χ0n) is 20.4. The van der Waals surface area contributed by atoms with Crippen LogP contribution in [-0.4, -0.2) is 53.2 Å². The molecule has 1 saturated heterocycles. The molecule has 0 amide bonds. The number of ether oxygens (including phenoxy) is 3. The third-order valence-corrected chi connectivity index (χ3v) is 7.57. The lowest BCUT2D eigenvalue weighted by molar-refractivity contribution is -0.924. The number of nitrogens with zero attached hydrogens (tertiary/aromatic N) is 2. The molecule has 0 spiro atoms. The Bertz CT molecular complexity index is 1190. The molecule has 5 atom stereocenters. The summed E-state index contributed by atoms with van der Waals surface area (Å²) in [4.78, 5) is 26.0. The summed E-state index contributed by atoms with van der Waals surface area (Å²) in [5, 5.41) is 15.3. The fraction of sp³-hybridized carbons (Fsp3) is 0.538. The van der Waals surface area contributed by atoms with Crippen LogP contribution in [0.3, 0.4) is 0 Å². The molecular weight excluding hydrogens is 436 g/mol. The van der Waals surface area contributed by atoms with E-state index in [0.717, 1.165) is 22.2 Å². The van der Waals surface area contributed by atoms with Gasteiger partial charge in [0.2, 0.25) is 0 Å². The molecule has 0 N–H and O–H groups in total. The maximum absolute atomic E-state index is 14.3. The van der Waals surface area contributed by atoms with Gasteiger partial charge in [-0.05, 0) is 39.3 Å². The van der Waals surface area contributed by atoms with E-state index in [4.69, 9.17) is 14.2 Å². The Kier molecular flexibility index (Phi) is 5.29. The number of carbonyl (C=O) groups excluding carboxylic acids is 2. The number of methoxy groups -OCH3 is 1. The smallest absolute Gasteiger partial charge is 0.419 e. The van der Waals surface area contributed by atoms with Gasteiger partial charge in [-0.25, -0.2) is 14.2 Å². The van der Waals surface area contributed by atoms with Gasteiger partial charge in [-0.3, -0.25) is 0 Å². The van der Waals surface area contributed by atoms with Crippen LogP contribution in [0.5, 0.6) is 0 Å². The van der Waals surface area contributed by atoms with Crippen molar-refractivity contribution in [2.45, 2.75) is 58.3 Å². The number of hydroxylamine groups is 3. The topological polar surface area (TPSA) is 89.8 Å². The van der Waals surface area contributed by atoms with Crippen LogP contribution < -0.4 is 0 Å². The minimum Gasteiger partial charge on any atom is -0.632 e. The highest BCUT2D eigenvalue weighted by atomic mass is 16.6. The average molecular weight is 469 g/mol. The Balaban J connectivity index is 1.66. The SMILES string of the molecule is COC(=O)C1=CO[C@@H](C)[C@@H]2C[N@+]3([O-])CCc4c(n(C(=O)OC(C)(C)C)c5ccccc45)[C@@H]3C[C@H]12. The first-order chi connectivity index (χ1) is 16.0. The predicted octanol–water partition coefficient (Wildman–Crippen LogP) is 4.45. The number of hydrogen-bond acceptors (Lipinski definition) is 6. The third kappa shape index (κ3) is 3.51. The molecule has 1 aromatic carbocycles. The normalized spacial score (nSPS) is 30.4. The second-order valence-corrected chi connectivity index (χ2v) is 10.7. The second-order valence-electron chi connectivity index (χ2n) is 10.7. The van der Waals surface area contributed by atoms with E-state index in [1.165, 1.54) is 13.4 Å². The van der Waals surface area contributed by atoms with E-state index >= 15 is 0 Å². The minimum atomic E-state index is -0.679. The van der Waals surface area contributed by atoms with Crippen molar-refractivity contribution in [3.8, 4) is 0 Å². The van der Waals surface area contributed by atoms with E-state index in [1.807, 2.05) is 52.0 Å². The Hall–Kier alpha value is -2.84. The van der Waals surface area contributed by atoms with E-state index in [2.05, 4.69) is 0 Å². The van der Waals surface area contributed by atoms with Crippen LogP contribution in [0.25, 0.3) is 10.9 Å². The Labute approximate surface area is 199 Å². The number of rotatable bonds is 1. The van der Waals surface area contributed by atoms with Crippen molar-refractivity contribution in [3.63, 3.8) is 0 Å². The molecule has 2 aromatic rings. The van der Waals surface area contributed by atoms with Crippen LogP contribution >= 0.6 is 0 Å². The van der Waals surface area contributed by atoms with Crippen molar-refractivity contribution in [1.82, 2.24) is 4.57 Å². The summed E-state index contributed by atoms with van der Waals surface area (Å²) in [6, 6.07) is 7.25. The zero-order valence-corrected chi connectivity index (χ0v) is 20.4. The van der Waals surface area contributed by atoms with Crippen molar-refractivity contribution in [3.05, 3.63) is 52.6 Å². The summed E-state index contributed by atoms with van der Waals surface area (Å²) in [6.45, 7) is 8.19. The number of fused-ring (bicyclic) bond motifs is 6. The Morgan fingerprint density at radius 3 is 2.68 bits per heavy atom. The first-order valence-corrected chi connectivity index (χ1v) is 11.9. The van der Waals surface area contributed by atoms with Crippen molar-refractivity contribution in [2.24, 2.45) is 11.8 Å². The molecule has 0 unspecified atom stereocenters. The highest BCUT2D eigenvalue weighted by Gasteiger charge is 2.53. The predicted molar refractivity (Wildman–Crippen MR) is 126 cm³/mol. The number of hydrogen-bond donors (Lipinski definition) is 0. The standard InChI is InChI=1S/C26H32N2O6/c1-15-19-13-28(31)11-10-17-16-8-6-7-9-21(16)27(25(30)34-26(2,3)4)23(17)22(28)12-18(19)20(14-33-15)24(29)32-5/h6-9,14-15,18-19,22H,10-13H2,1-5H3/t15-,18-,19-,22-,28+/m0/s1. The summed E-state index contributed by atoms with van der Waals surface area (Å²) in [6.07, 6.45) is 1.86. The summed E-state index contributed by atoms with van der Waals surface area (Å²) < 4.78 is 17.7. The number of piperidine rings is 1. The average Bonchev–Trinajstić information content (AvgIpc) is 3.11. The van der Waals surface area contributed by atoms with Crippen LogP contribution in [-0.2, 0) is 25.4 Å². The molecule has 3 aliphatic heterocycles. The van der Waals surface area contributed by atoms with Crippen LogP contribution in [0.4, 0.5) is 4.79 Å². The van der Waals surface area contributed by atoms with Gasteiger partial charge in [-0.2, -0.15) is 0 Å². The quantitative estimate of drug-likeness (QED) is 0.349. The Morgan fingerprint density at radius 2 is 1.97 bits per heavy atom. The lowest BCUT2D eigenvalue weighted by Gasteiger charge is -2.58. The summed E-state index contributed by atoms with van der Waals surface area (Å²) in [7, 11) is 1.35. The molecule has 5 rings (SSSR count). The van der Waals surface area contributed by atoms with E-state index in [0.29, 0.717) is 31.5 Å². The first kappa shape index (κ1) is 22.9. The van der Waals surface area contributed by atoms with Crippen molar-refractivity contribution < 1.29 is 28.4 Å². The molecule has 1 aromatic heterocycles. The van der Waals surface area contributed by atoms with E-state index in [-0.39, 0.29) is 17.9 Å². The molecule has 3 aliphatic rings. The molecule has 182 valence electrons. The van der Waals surface area contributed by atoms with Crippen molar-refractivity contribution in [1.29, 1.82) is 0 Å². The van der Waals surface area contributed by atoms with Crippen LogP contribution in [0.15, 0.2) is 36.1 Å². The van der Waals surface area contributed by atoms with Crippen molar-refractivity contribution in [2.75, 3.05) is 20.2 Å². The van der Waals surface area contributed by atoms with E-state index < -0.39 is 28.4 Å². The second kappa shape index (κ2) is 7.85. The van der Waals surface area contributed by atoms with Crippen LogP contribution in [0.1, 0.15) is 51.4 Å². The van der Waals surface area contributed by atoms with Gasteiger partial charge in [-0.15, -0.1) is 0 Å². The zero-order chi connectivity index (χ0) is 24.4. The molecule has 0 bridgehead atoms. The molecule has 4 heterocycles. The third-order valence-electron chi connectivity index (χ3n) is 7.57. The molecule has 0 saturated carbocycles. The highest BCUT2D eigenvalue weighted by Crippen LogP contribution is 2.52. The molecule has 34 heavy (non-hydrogen) atoms. The fourth-order valence-electron chi connectivity index (χ4n) is 6.06. The van der Waals surface area contributed by atoms with Gasteiger partial charge >= 0.3 is 12.1 Å². The molecule has 8 heteroatoms. The minimum absolute atomic E-state index is 0.103. The Morgan fingerprint density at radius 1 is 1.24 bits per heavy atom. The largest absolute Gasteiger partial charge is 0.632 e. The summed E-state index contributed by atoms with van der Waals surface area (Å²) >= 11 is 0. The summed E-state index contributed by atoms with van der Waals surface area (Å²) in [5.41, 5.74) is 2.28. The molecule has 8 nitrogen and oxygen atoms in total. The molecule has 1 fully saturated rings. The van der Waals surface area contributed by atoms with Gasteiger partial charge in [0, 0.05) is 24.1 Å². The number of aromatic nitrogens is 1. The van der Waals surface area contributed by atoms with Gasteiger partial charge < -0.3 is 24.1 Å². The molecule has 0 radical (unpaired) electrons. The number of para-hydroxylation sites is 1. The lowest BCUT2D eigenvalue weighted by Crippen LogP contribution is -2.60. The van der Waals surface area contributed by atoms with Crippen molar-refractivity contribution >= 4 is 23.0 Å². The first-order valence-electron chi connectivity index (χ1n) is 11.9. The van der Waals surface area contributed by atoms with Gasteiger partial charge in [0.1, 0.15) is 17.7 Å². The van der Waals surface area contributed by atoms with Crippen LogP contribution in [0.2, 0.25) is 0 Å². The number of carbonyl (C=O) groups is 2. The maximum atomic E-state index is 14.3. The number of quaternary nitrogens is 1. The molecule has 0 aliphatic carbocycles. The van der Waals surface area contributed by atoms with Gasteiger partial charge in [0.15, 0.2) is 0 Å². The highest BCUT2D eigenvalue weighted by molar-refractivity contribution is 5.94. The number of benzene rings is 1.